The summed E-state index contributed by atoms with van der Waals surface area (Å²) >= 11 is 5.96. The monoisotopic (exact) mass is 329 g/mol. The van der Waals surface area contributed by atoms with Crippen LogP contribution in [-0.4, -0.2) is 13.3 Å². The lowest BCUT2D eigenvalue weighted by Crippen LogP contribution is -2.11. The fraction of sp³-hybridized carbons (Fsp3) is 0.412. The number of para-hydroxylation sites is 1. The third-order valence-corrected chi connectivity index (χ3v) is 4.31. The second-order valence-electron chi connectivity index (χ2n) is 4.11. The predicted molar refractivity (Wildman–Crippen MR) is 101 cm³/mol. The third-order valence-electron chi connectivity index (χ3n) is 2.31. The van der Waals surface area contributed by atoms with Gasteiger partial charge in [0.15, 0.2) is 0 Å². The highest BCUT2D eigenvalue weighted by Gasteiger charge is 2.15. The van der Waals surface area contributed by atoms with E-state index in [1.807, 2.05) is 58.9 Å². The lowest BCUT2D eigenvalue weighted by molar-refractivity contribution is 0.588. The van der Waals surface area contributed by atoms with E-state index in [4.69, 9.17) is 11.6 Å². The number of benzene rings is 1. The van der Waals surface area contributed by atoms with Gasteiger partial charge in [0.05, 0.1) is 5.03 Å². The van der Waals surface area contributed by atoms with Gasteiger partial charge in [0.2, 0.25) is 0 Å². The molecule has 21 heavy (non-hydrogen) atoms. The van der Waals surface area contributed by atoms with E-state index in [0.717, 1.165) is 11.0 Å². The van der Waals surface area contributed by atoms with Crippen molar-refractivity contribution in [1.29, 1.82) is 0 Å². The molecule has 0 heterocycles. The average Bonchev–Trinajstić information content (AvgIpc) is 2.50. The molecule has 1 N–H and O–H groups in total. The molecule has 0 unspecified atom stereocenters. The summed E-state index contributed by atoms with van der Waals surface area (Å²) in [5, 5.41) is 4.47. The van der Waals surface area contributed by atoms with Crippen LogP contribution < -0.4 is 10.6 Å². The van der Waals surface area contributed by atoms with Crippen molar-refractivity contribution in [2.24, 2.45) is 0 Å². The Hall–Kier alpha value is -0.980. The zero-order chi connectivity index (χ0) is 17.1. The minimum atomic E-state index is -2.32. The highest BCUT2D eigenvalue weighted by molar-refractivity contribution is 7.70. The summed E-state index contributed by atoms with van der Waals surface area (Å²) in [5.41, 5.74) is 1.40. The first-order valence-corrected chi connectivity index (χ1v) is 10.3. The molecule has 0 aliphatic rings. The number of hydrogen-bond donors (Lipinski definition) is 1. The molecule has 4 heteroatoms. The Morgan fingerprint density at radius 3 is 2.10 bits per heavy atom. The fourth-order valence-electron chi connectivity index (χ4n) is 1.45. The van der Waals surface area contributed by atoms with Crippen molar-refractivity contribution in [1.82, 2.24) is 0 Å². The van der Waals surface area contributed by atoms with Crippen molar-refractivity contribution in [3.8, 4) is 0 Å². The molecule has 0 amide bonds. The molecule has 0 saturated heterocycles. The standard InChI is InChI=1S/C13H17ClNOP.2C2H6/c1-5-11(14)10(2)15-12-8-6-7-9-13(12)17(3,4)16;2*1-2/h5-9,15H,2H2,1,3-4H3;2*1-2H3/b11-5+;;. The fourth-order valence-corrected chi connectivity index (χ4v) is 2.65. The van der Waals surface area contributed by atoms with Gasteiger partial charge in [-0.05, 0) is 32.4 Å². The smallest absolute Gasteiger partial charge is 0.111 e. The molecule has 0 aliphatic heterocycles. The molecule has 0 aliphatic carbocycles. The number of halogens is 1. The Kier molecular flexibility index (Phi) is 12.4. The van der Waals surface area contributed by atoms with Crippen LogP contribution in [0.1, 0.15) is 34.6 Å². The van der Waals surface area contributed by atoms with Gasteiger partial charge >= 0.3 is 0 Å². The maximum atomic E-state index is 12.1. The van der Waals surface area contributed by atoms with Crippen molar-refractivity contribution >= 4 is 29.7 Å². The van der Waals surface area contributed by atoms with Crippen LogP contribution in [-0.2, 0) is 4.57 Å². The molecule has 0 aromatic heterocycles. The zero-order valence-corrected chi connectivity index (χ0v) is 16.0. The summed E-state index contributed by atoms with van der Waals surface area (Å²) < 4.78 is 12.1. The predicted octanol–water partition coefficient (Wildman–Crippen LogP) is 6.06. The highest BCUT2D eigenvalue weighted by atomic mass is 35.5. The van der Waals surface area contributed by atoms with Crippen molar-refractivity contribution < 1.29 is 4.57 Å². The summed E-state index contributed by atoms with van der Waals surface area (Å²) in [6, 6.07) is 7.50. The van der Waals surface area contributed by atoms with E-state index in [1.54, 1.807) is 19.4 Å². The Morgan fingerprint density at radius 1 is 1.19 bits per heavy atom. The first kappa shape index (κ1) is 22.3. The van der Waals surface area contributed by atoms with Gasteiger partial charge in [-0.1, -0.05) is 64.1 Å². The van der Waals surface area contributed by atoms with E-state index in [1.165, 1.54) is 0 Å². The molecule has 0 saturated carbocycles. The van der Waals surface area contributed by atoms with Gasteiger partial charge in [-0.25, -0.2) is 0 Å². The normalized spacial score (nSPS) is 10.6. The van der Waals surface area contributed by atoms with Gasteiger partial charge in [-0.15, -0.1) is 0 Å². The summed E-state index contributed by atoms with van der Waals surface area (Å²) in [5.74, 6) is 0. The molecule has 120 valence electrons. The minimum Gasteiger partial charge on any atom is -0.354 e. The molecule has 0 atom stereocenters. The topological polar surface area (TPSA) is 29.1 Å². The van der Waals surface area contributed by atoms with E-state index >= 15 is 0 Å². The second kappa shape index (κ2) is 11.7. The van der Waals surface area contributed by atoms with Gasteiger partial charge in [-0.3, -0.25) is 0 Å². The molecule has 0 bridgehead atoms. The van der Waals surface area contributed by atoms with Gasteiger partial charge in [-0.2, -0.15) is 0 Å². The average molecular weight is 330 g/mol. The Bertz CT molecular complexity index is 503. The summed E-state index contributed by atoms with van der Waals surface area (Å²) in [7, 11) is -2.32. The lowest BCUT2D eigenvalue weighted by Gasteiger charge is -2.16. The minimum absolute atomic E-state index is 0.557. The molecule has 2 nitrogen and oxygen atoms in total. The van der Waals surface area contributed by atoms with Crippen molar-refractivity contribution in [3.05, 3.63) is 47.6 Å². The van der Waals surface area contributed by atoms with E-state index in [-0.39, 0.29) is 0 Å². The van der Waals surface area contributed by atoms with Gasteiger partial charge < -0.3 is 9.88 Å². The van der Waals surface area contributed by atoms with E-state index in [0.29, 0.717) is 10.7 Å². The summed E-state index contributed by atoms with van der Waals surface area (Å²) in [6.45, 7) is 17.2. The van der Waals surface area contributed by atoms with Crippen molar-refractivity contribution in [2.45, 2.75) is 34.6 Å². The van der Waals surface area contributed by atoms with Crippen LogP contribution in [0.25, 0.3) is 0 Å². The van der Waals surface area contributed by atoms with Gasteiger partial charge in [0.1, 0.15) is 7.14 Å². The lowest BCUT2D eigenvalue weighted by atomic mass is 10.3. The Labute approximate surface area is 135 Å². The molecule has 1 rings (SSSR count). The SMILES string of the molecule is C=C(Nc1ccccc1P(C)(C)=O)/C(Cl)=C\C.CC.CC. The maximum Gasteiger partial charge on any atom is 0.111 e. The molecule has 0 radical (unpaired) electrons. The highest BCUT2D eigenvalue weighted by Crippen LogP contribution is 2.38. The van der Waals surface area contributed by atoms with Gasteiger partial charge in [0.25, 0.3) is 0 Å². The van der Waals surface area contributed by atoms with Crippen LogP contribution in [0.2, 0.25) is 0 Å². The summed E-state index contributed by atoms with van der Waals surface area (Å²) in [6.07, 6.45) is 1.76. The van der Waals surface area contributed by atoms with Crippen molar-refractivity contribution in [2.75, 3.05) is 18.6 Å². The zero-order valence-electron chi connectivity index (χ0n) is 14.3. The summed E-state index contributed by atoms with van der Waals surface area (Å²) in [4.78, 5) is 0. The number of hydrogen-bond acceptors (Lipinski definition) is 2. The quantitative estimate of drug-likeness (QED) is 0.537. The van der Waals surface area contributed by atoms with E-state index in [2.05, 4.69) is 11.9 Å². The number of allylic oxidation sites excluding steroid dienone is 2. The van der Waals surface area contributed by atoms with E-state index < -0.39 is 7.14 Å². The third kappa shape index (κ3) is 8.14. The molecular formula is C17H29ClNOP. The van der Waals surface area contributed by atoms with Crippen LogP contribution in [0.3, 0.4) is 0 Å². The largest absolute Gasteiger partial charge is 0.354 e. The molecule has 1 aromatic rings. The van der Waals surface area contributed by atoms with Crippen LogP contribution in [0, 0.1) is 0 Å². The second-order valence-corrected chi connectivity index (χ2v) is 7.70. The molecule has 0 spiro atoms. The van der Waals surface area contributed by atoms with Gasteiger partial charge in [0, 0.05) is 16.7 Å². The number of anilines is 1. The Balaban J connectivity index is 0. The van der Waals surface area contributed by atoms with Crippen LogP contribution in [0.15, 0.2) is 47.6 Å². The number of rotatable bonds is 4. The molecule has 1 aromatic carbocycles. The van der Waals surface area contributed by atoms with Crippen LogP contribution in [0.5, 0.6) is 0 Å². The number of nitrogens with one attached hydrogen (secondary N) is 1. The first-order chi connectivity index (χ1) is 9.86. The maximum absolute atomic E-state index is 12.1. The Morgan fingerprint density at radius 2 is 1.67 bits per heavy atom. The van der Waals surface area contributed by atoms with E-state index in [9.17, 15) is 4.57 Å². The molecule has 0 fully saturated rings. The van der Waals surface area contributed by atoms with Crippen molar-refractivity contribution in [3.63, 3.8) is 0 Å². The molecular weight excluding hydrogens is 301 g/mol. The van der Waals surface area contributed by atoms with Crippen LogP contribution >= 0.6 is 18.7 Å². The first-order valence-electron chi connectivity index (χ1n) is 7.29. The van der Waals surface area contributed by atoms with Crippen LogP contribution in [0.4, 0.5) is 5.69 Å².